The molecule has 140 valence electrons. The van der Waals surface area contributed by atoms with E-state index in [9.17, 15) is 4.79 Å². The number of aryl methyl sites for hydroxylation is 2. The van der Waals surface area contributed by atoms with Crippen molar-refractivity contribution in [2.45, 2.75) is 33.6 Å². The molecule has 3 rings (SSSR count). The molecule has 0 N–H and O–H groups in total. The fraction of sp³-hybridized carbons (Fsp3) is 0.579. The van der Waals surface area contributed by atoms with Gasteiger partial charge in [-0.15, -0.1) is 0 Å². The van der Waals surface area contributed by atoms with Crippen LogP contribution in [-0.4, -0.2) is 63.9 Å². The number of anilines is 1. The lowest BCUT2D eigenvalue weighted by atomic mass is 10.1. The van der Waals surface area contributed by atoms with Crippen LogP contribution < -0.4 is 4.90 Å². The maximum absolute atomic E-state index is 12.8. The van der Waals surface area contributed by atoms with E-state index >= 15 is 0 Å². The van der Waals surface area contributed by atoms with Crippen molar-refractivity contribution in [1.82, 2.24) is 19.9 Å². The Balaban J connectivity index is 2.08. The third-order valence-corrected chi connectivity index (χ3v) is 5.61. The summed E-state index contributed by atoms with van der Waals surface area (Å²) in [6.07, 6.45) is 2.02. The highest BCUT2D eigenvalue weighted by Gasteiger charge is 2.23. The van der Waals surface area contributed by atoms with Gasteiger partial charge < -0.3 is 9.80 Å². The van der Waals surface area contributed by atoms with Gasteiger partial charge in [-0.3, -0.25) is 4.79 Å². The fourth-order valence-electron chi connectivity index (χ4n) is 3.22. The molecule has 1 saturated heterocycles. The summed E-state index contributed by atoms with van der Waals surface area (Å²) in [7, 11) is 1.82. The number of fused-ring (bicyclic) bond motifs is 1. The van der Waals surface area contributed by atoms with Crippen LogP contribution in [0.2, 0.25) is 0 Å². The van der Waals surface area contributed by atoms with Crippen molar-refractivity contribution in [1.29, 1.82) is 0 Å². The lowest BCUT2D eigenvalue weighted by Crippen LogP contribution is -2.35. The SMILES string of the molecule is CCCCN(C)C(=O)c1nc(N2CCSCC2)c2c(C)cc(C)nc2n1. The maximum atomic E-state index is 12.8. The van der Waals surface area contributed by atoms with Gasteiger partial charge in [0.1, 0.15) is 5.82 Å². The van der Waals surface area contributed by atoms with E-state index in [0.29, 0.717) is 12.2 Å². The molecule has 0 atom stereocenters. The molecular weight excluding hydrogens is 346 g/mol. The molecule has 1 fully saturated rings. The summed E-state index contributed by atoms with van der Waals surface area (Å²) in [5, 5.41) is 0.968. The number of hydrogen-bond acceptors (Lipinski definition) is 6. The zero-order valence-corrected chi connectivity index (χ0v) is 16.9. The Bertz CT molecular complexity index is 804. The molecule has 1 aliphatic rings. The Morgan fingerprint density at radius 1 is 1.23 bits per heavy atom. The number of amides is 1. The van der Waals surface area contributed by atoms with Crippen molar-refractivity contribution in [3.05, 3.63) is 23.1 Å². The van der Waals surface area contributed by atoms with Crippen LogP contribution in [0.3, 0.4) is 0 Å². The van der Waals surface area contributed by atoms with Crippen molar-refractivity contribution >= 4 is 34.5 Å². The first kappa shape index (κ1) is 18.9. The van der Waals surface area contributed by atoms with E-state index < -0.39 is 0 Å². The molecule has 2 aromatic rings. The van der Waals surface area contributed by atoms with Gasteiger partial charge in [0.15, 0.2) is 5.65 Å². The summed E-state index contributed by atoms with van der Waals surface area (Å²) in [5.74, 6) is 3.12. The Morgan fingerprint density at radius 3 is 2.65 bits per heavy atom. The first-order chi connectivity index (χ1) is 12.5. The normalized spacial score (nSPS) is 14.7. The highest BCUT2D eigenvalue weighted by molar-refractivity contribution is 7.99. The average molecular weight is 374 g/mol. The van der Waals surface area contributed by atoms with Crippen LogP contribution in [0.25, 0.3) is 11.0 Å². The molecular formula is C19H27N5OS. The molecule has 0 radical (unpaired) electrons. The second-order valence-electron chi connectivity index (χ2n) is 6.83. The second kappa shape index (κ2) is 8.20. The van der Waals surface area contributed by atoms with Crippen molar-refractivity contribution < 1.29 is 4.79 Å². The molecule has 0 bridgehead atoms. The Morgan fingerprint density at radius 2 is 1.96 bits per heavy atom. The average Bonchev–Trinajstić information content (AvgIpc) is 2.64. The molecule has 0 aliphatic carbocycles. The molecule has 0 unspecified atom stereocenters. The second-order valence-corrected chi connectivity index (χ2v) is 8.05. The number of aromatic nitrogens is 3. The molecule has 26 heavy (non-hydrogen) atoms. The zero-order chi connectivity index (χ0) is 18.7. The largest absolute Gasteiger partial charge is 0.354 e. The van der Waals surface area contributed by atoms with Crippen LogP contribution in [0.5, 0.6) is 0 Å². The first-order valence-electron chi connectivity index (χ1n) is 9.25. The van der Waals surface area contributed by atoms with Crippen molar-refractivity contribution in [3.63, 3.8) is 0 Å². The number of hydrogen-bond donors (Lipinski definition) is 0. The number of carbonyl (C=O) groups is 1. The number of unbranched alkanes of at least 4 members (excludes halogenated alkanes) is 1. The van der Waals surface area contributed by atoms with Crippen molar-refractivity contribution in [3.8, 4) is 0 Å². The summed E-state index contributed by atoms with van der Waals surface area (Å²) >= 11 is 1.95. The van der Waals surface area contributed by atoms with Gasteiger partial charge in [0, 0.05) is 43.9 Å². The summed E-state index contributed by atoms with van der Waals surface area (Å²) in [6.45, 7) is 8.73. The summed E-state index contributed by atoms with van der Waals surface area (Å²) in [5.41, 5.74) is 2.64. The van der Waals surface area contributed by atoms with Gasteiger partial charge in [-0.05, 0) is 31.9 Å². The van der Waals surface area contributed by atoms with Gasteiger partial charge in [-0.2, -0.15) is 11.8 Å². The third kappa shape index (κ3) is 3.92. The topological polar surface area (TPSA) is 62.2 Å². The van der Waals surface area contributed by atoms with E-state index in [1.165, 1.54) is 0 Å². The van der Waals surface area contributed by atoms with E-state index in [-0.39, 0.29) is 11.7 Å². The monoisotopic (exact) mass is 373 g/mol. The van der Waals surface area contributed by atoms with E-state index in [0.717, 1.165) is 59.9 Å². The van der Waals surface area contributed by atoms with Crippen LogP contribution in [0, 0.1) is 13.8 Å². The van der Waals surface area contributed by atoms with Gasteiger partial charge in [0.2, 0.25) is 5.82 Å². The summed E-state index contributed by atoms with van der Waals surface area (Å²) in [6, 6.07) is 2.06. The predicted molar refractivity (Wildman–Crippen MR) is 108 cm³/mol. The molecule has 7 heteroatoms. The number of pyridine rings is 1. The molecule has 6 nitrogen and oxygen atoms in total. The molecule has 0 saturated carbocycles. The van der Waals surface area contributed by atoms with Gasteiger partial charge in [-0.25, -0.2) is 15.0 Å². The molecule has 0 aromatic carbocycles. The van der Waals surface area contributed by atoms with Gasteiger partial charge in [0.25, 0.3) is 5.91 Å². The molecule has 3 heterocycles. The molecule has 1 amide bonds. The van der Waals surface area contributed by atoms with E-state index in [1.54, 1.807) is 4.90 Å². The quantitative estimate of drug-likeness (QED) is 0.803. The standard InChI is InChI=1S/C19H27N5OS/c1-5-6-7-23(4)19(25)17-21-16-15(13(2)12-14(3)20-16)18(22-17)24-8-10-26-11-9-24/h12H,5-11H2,1-4H3. The smallest absolute Gasteiger partial charge is 0.291 e. The van der Waals surface area contributed by atoms with Crippen molar-refractivity contribution in [2.24, 2.45) is 0 Å². The maximum Gasteiger partial charge on any atom is 0.291 e. The Hall–Kier alpha value is -1.89. The number of nitrogens with zero attached hydrogens (tertiary/aromatic N) is 5. The minimum absolute atomic E-state index is 0.131. The minimum atomic E-state index is -0.131. The van der Waals surface area contributed by atoms with Crippen LogP contribution in [0.1, 0.15) is 41.6 Å². The van der Waals surface area contributed by atoms with Crippen molar-refractivity contribution in [2.75, 3.05) is 43.1 Å². The van der Waals surface area contributed by atoms with Crippen LogP contribution in [0.15, 0.2) is 6.07 Å². The van der Waals surface area contributed by atoms with E-state index in [2.05, 4.69) is 34.8 Å². The lowest BCUT2D eigenvalue weighted by Gasteiger charge is -2.29. The van der Waals surface area contributed by atoms with Crippen LogP contribution in [0.4, 0.5) is 5.82 Å². The highest BCUT2D eigenvalue weighted by Crippen LogP contribution is 2.28. The minimum Gasteiger partial charge on any atom is -0.354 e. The van der Waals surface area contributed by atoms with Crippen LogP contribution >= 0.6 is 11.8 Å². The van der Waals surface area contributed by atoms with Gasteiger partial charge in [0.05, 0.1) is 5.39 Å². The van der Waals surface area contributed by atoms with E-state index in [1.807, 2.05) is 25.7 Å². The third-order valence-electron chi connectivity index (χ3n) is 4.67. The number of thioether (sulfide) groups is 1. The number of carbonyl (C=O) groups excluding carboxylic acids is 1. The summed E-state index contributed by atoms with van der Waals surface area (Å²) < 4.78 is 0. The lowest BCUT2D eigenvalue weighted by molar-refractivity contribution is 0.0781. The number of rotatable bonds is 5. The molecule has 0 spiro atoms. The van der Waals surface area contributed by atoms with Gasteiger partial charge in [-0.1, -0.05) is 13.3 Å². The predicted octanol–water partition coefficient (Wildman–Crippen LogP) is 3.07. The first-order valence-corrected chi connectivity index (χ1v) is 10.4. The zero-order valence-electron chi connectivity index (χ0n) is 16.1. The highest BCUT2D eigenvalue weighted by atomic mass is 32.2. The molecule has 1 aliphatic heterocycles. The van der Waals surface area contributed by atoms with Crippen LogP contribution in [-0.2, 0) is 0 Å². The fourth-order valence-corrected chi connectivity index (χ4v) is 4.13. The van der Waals surface area contributed by atoms with E-state index in [4.69, 9.17) is 4.98 Å². The Labute approximate surface area is 159 Å². The summed E-state index contributed by atoms with van der Waals surface area (Å²) in [4.78, 5) is 30.7. The molecule has 2 aromatic heterocycles. The van der Waals surface area contributed by atoms with Gasteiger partial charge >= 0.3 is 0 Å². The Kier molecular flexibility index (Phi) is 5.96.